The molecule has 0 saturated carbocycles. The number of ether oxygens (including phenoxy) is 2. The van der Waals surface area contributed by atoms with Gasteiger partial charge in [-0.3, -0.25) is 0 Å². The van der Waals surface area contributed by atoms with Crippen LogP contribution in [0.4, 0.5) is 4.79 Å². The molecule has 0 aliphatic carbocycles. The zero-order chi connectivity index (χ0) is 19.7. The summed E-state index contributed by atoms with van der Waals surface area (Å²) in [5.41, 5.74) is 2.89. The average molecular weight is 382 g/mol. The lowest BCUT2D eigenvalue weighted by Gasteiger charge is -2.15. The highest BCUT2D eigenvalue weighted by atomic mass is 16.5. The van der Waals surface area contributed by atoms with E-state index in [-0.39, 0.29) is 13.2 Å². The molecule has 3 heterocycles. The molecule has 0 saturated heterocycles. The molecule has 0 unspecified atom stereocenters. The molecule has 9 heteroatoms. The van der Waals surface area contributed by atoms with Gasteiger partial charge < -0.3 is 24.5 Å². The molecule has 3 aromatic rings. The van der Waals surface area contributed by atoms with E-state index < -0.39 is 12.1 Å². The van der Waals surface area contributed by atoms with Crippen molar-refractivity contribution in [1.29, 1.82) is 0 Å². The Hall–Kier alpha value is -3.62. The van der Waals surface area contributed by atoms with Crippen LogP contribution in [0.15, 0.2) is 30.7 Å². The maximum atomic E-state index is 12.3. The van der Waals surface area contributed by atoms with E-state index in [4.69, 9.17) is 9.47 Å². The average Bonchev–Trinajstić information content (AvgIpc) is 3.00. The van der Waals surface area contributed by atoms with Crippen molar-refractivity contribution in [2.24, 2.45) is 0 Å². The van der Waals surface area contributed by atoms with Gasteiger partial charge in [0.1, 0.15) is 24.3 Å². The second-order valence-electron chi connectivity index (χ2n) is 6.24. The third kappa shape index (κ3) is 3.11. The fourth-order valence-electron chi connectivity index (χ4n) is 3.26. The number of nitrogens with zero attached hydrogens (tertiary/aromatic N) is 3. The Bertz CT molecular complexity index is 1060. The van der Waals surface area contributed by atoms with Crippen LogP contribution in [0.5, 0.6) is 5.75 Å². The Morgan fingerprint density at radius 3 is 3.00 bits per heavy atom. The molecule has 144 valence electrons. The van der Waals surface area contributed by atoms with Crippen LogP contribution in [-0.2, 0) is 11.3 Å². The zero-order valence-corrected chi connectivity index (χ0v) is 15.1. The third-order valence-electron chi connectivity index (χ3n) is 4.55. The smallest absolute Gasteiger partial charge is 0.407 e. The normalized spacial score (nSPS) is 13.5. The van der Waals surface area contributed by atoms with Crippen LogP contribution < -0.4 is 4.74 Å². The molecule has 0 radical (unpaired) electrons. The van der Waals surface area contributed by atoms with E-state index in [1.807, 2.05) is 12.1 Å². The summed E-state index contributed by atoms with van der Waals surface area (Å²) < 4.78 is 10.8. The van der Waals surface area contributed by atoms with Gasteiger partial charge in [0.25, 0.3) is 0 Å². The van der Waals surface area contributed by atoms with Gasteiger partial charge >= 0.3 is 12.1 Å². The van der Waals surface area contributed by atoms with Gasteiger partial charge in [-0.05, 0) is 25.1 Å². The number of benzene rings is 1. The zero-order valence-electron chi connectivity index (χ0n) is 15.1. The highest BCUT2D eigenvalue weighted by Gasteiger charge is 2.22. The minimum absolute atomic E-state index is 0.213. The summed E-state index contributed by atoms with van der Waals surface area (Å²) >= 11 is 0. The Balaban J connectivity index is 1.82. The van der Waals surface area contributed by atoms with E-state index in [0.29, 0.717) is 41.2 Å². The standard InChI is InChI=1S/C19H18N4O5/c1-2-27-18(24)13-8-20-17-15(13)16(21-10-22-17)11-3-4-14-12(7-11)9-23(19(25)26)5-6-28-14/h3-4,7-8,10H,2,5-6,9H2,1H3,(H,25,26)(H,20,21,22). The highest BCUT2D eigenvalue weighted by Crippen LogP contribution is 2.33. The van der Waals surface area contributed by atoms with Crippen molar-refractivity contribution >= 4 is 23.1 Å². The number of esters is 1. The molecule has 0 spiro atoms. The molecule has 28 heavy (non-hydrogen) atoms. The predicted octanol–water partition coefficient (Wildman–Crippen LogP) is 2.67. The van der Waals surface area contributed by atoms with Gasteiger partial charge in [0, 0.05) is 17.3 Å². The second-order valence-corrected chi connectivity index (χ2v) is 6.24. The van der Waals surface area contributed by atoms with E-state index >= 15 is 0 Å². The monoisotopic (exact) mass is 382 g/mol. The van der Waals surface area contributed by atoms with Gasteiger partial charge in [0.2, 0.25) is 0 Å². The van der Waals surface area contributed by atoms with Crippen molar-refractivity contribution in [3.8, 4) is 17.0 Å². The first-order valence-corrected chi connectivity index (χ1v) is 8.81. The first-order chi connectivity index (χ1) is 13.6. The number of carboxylic acid groups (broad SMARTS) is 1. The lowest BCUT2D eigenvalue weighted by atomic mass is 10.0. The number of nitrogens with one attached hydrogen (secondary N) is 1. The molecular weight excluding hydrogens is 364 g/mol. The molecular formula is C19H18N4O5. The van der Waals surface area contributed by atoms with Gasteiger partial charge in [-0.25, -0.2) is 19.6 Å². The van der Waals surface area contributed by atoms with Crippen LogP contribution >= 0.6 is 0 Å². The number of H-pyrrole nitrogens is 1. The molecule has 0 fully saturated rings. The van der Waals surface area contributed by atoms with E-state index in [2.05, 4.69) is 15.0 Å². The van der Waals surface area contributed by atoms with Gasteiger partial charge in [-0.1, -0.05) is 0 Å². The number of hydrogen-bond acceptors (Lipinski definition) is 6. The molecule has 1 aliphatic heterocycles. The largest absolute Gasteiger partial charge is 0.491 e. The molecule has 1 aliphatic rings. The van der Waals surface area contributed by atoms with Gasteiger partial charge in [-0.2, -0.15) is 0 Å². The fraction of sp³-hybridized carbons (Fsp3) is 0.263. The summed E-state index contributed by atoms with van der Waals surface area (Å²) in [4.78, 5) is 36.5. The second kappa shape index (κ2) is 7.18. The molecule has 4 rings (SSSR count). The van der Waals surface area contributed by atoms with Crippen LogP contribution in [0, 0.1) is 0 Å². The van der Waals surface area contributed by atoms with Crippen molar-refractivity contribution in [3.05, 3.63) is 41.9 Å². The quantitative estimate of drug-likeness (QED) is 0.669. The van der Waals surface area contributed by atoms with E-state index in [0.717, 1.165) is 11.1 Å². The van der Waals surface area contributed by atoms with Crippen molar-refractivity contribution in [1.82, 2.24) is 19.9 Å². The Kier molecular flexibility index (Phi) is 4.56. The maximum absolute atomic E-state index is 12.3. The summed E-state index contributed by atoms with van der Waals surface area (Å²) in [7, 11) is 0. The first-order valence-electron chi connectivity index (χ1n) is 8.81. The Morgan fingerprint density at radius 1 is 1.36 bits per heavy atom. The van der Waals surface area contributed by atoms with E-state index in [1.165, 1.54) is 11.2 Å². The maximum Gasteiger partial charge on any atom is 0.407 e. The Labute approximate surface area is 159 Å². The molecule has 0 bridgehead atoms. The Morgan fingerprint density at radius 2 is 2.21 bits per heavy atom. The first kappa shape index (κ1) is 17.8. The van der Waals surface area contributed by atoms with Crippen molar-refractivity contribution in [3.63, 3.8) is 0 Å². The number of carbonyl (C=O) groups excluding carboxylic acids is 1. The van der Waals surface area contributed by atoms with Gasteiger partial charge in [0.15, 0.2) is 0 Å². The SMILES string of the molecule is CCOC(=O)c1c[nH]c2ncnc(-c3ccc4c(c3)CN(C(=O)O)CCO4)c12. The number of hydrogen-bond donors (Lipinski definition) is 2. The number of amides is 1. The number of aromatic amines is 1. The van der Waals surface area contributed by atoms with Crippen LogP contribution in [0.3, 0.4) is 0 Å². The van der Waals surface area contributed by atoms with Crippen molar-refractivity contribution in [2.75, 3.05) is 19.8 Å². The molecule has 1 aromatic carbocycles. The van der Waals surface area contributed by atoms with Crippen molar-refractivity contribution < 1.29 is 24.2 Å². The van der Waals surface area contributed by atoms with Crippen LogP contribution in [0.25, 0.3) is 22.3 Å². The predicted molar refractivity (Wildman–Crippen MR) is 99.2 cm³/mol. The van der Waals surface area contributed by atoms with Crippen LogP contribution in [0.2, 0.25) is 0 Å². The lowest BCUT2D eigenvalue weighted by molar-refractivity contribution is 0.0528. The van der Waals surface area contributed by atoms with Crippen molar-refractivity contribution in [2.45, 2.75) is 13.5 Å². The number of aromatic nitrogens is 3. The summed E-state index contributed by atoms with van der Waals surface area (Å²) in [5.74, 6) is 0.178. The topological polar surface area (TPSA) is 118 Å². The van der Waals surface area contributed by atoms with Crippen LogP contribution in [0.1, 0.15) is 22.8 Å². The number of fused-ring (bicyclic) bond motifs is 2. The summed E-state index contributed by atoms with van der Waals surface area (Å²) in [6, 6.07) is 5.46. The van der Waals surface area contributed by atoms with Gasteiger partial charge in [-0.15, -0.1) is 0 Å². The van der Waals surface area contributed by atoms with Gasteiger partial charge in [0.05, 0.1) is 36.3 Å². The molecule has 0 atom stereocenters. The molecule has 2 N–H and O–H groups in total. The molecule has 9 nitrogen and oxygen atoms in total. The minimum Gasteiger partial charge on any atom is -0.491 e. The highest BCUT2D eigenvalue weighted by molar-refractivity contribution is 6.08. The summed E-state index contributed by atoms with van der Waals surface area (Å²) in [6.07, 6.45) is 1.97. The number of rotatable bonds is 3. The fourth-order valence-corrected chi connectivity index (χ4v) is 3.26. The number of carbonyl (C=O) groups is 2. The summed E-state index contributed by atoms with van der Waals surface area (Å²) in [6.45, 7) is 2.80. The summed E-state index contributed by atoms with van der Waals surface area (Å²) in [5, 5.41) is 9.89. The lowest BCUT2D eigenvalue weighted by Crippen LogP contribution is -2.30. The molecule has 1 amide bonds. The van der Waals surface area contributed by atoms with E-state index in [1.54, 1.807) is 19.2 Å². The minimum atomic E-state index is -0.999. The molecule has 2 aromatic heterocycles. The van der Waals surface area contributed by atoms with E-state index in [9.17, 15) is 14.7 Å². The van der Waals surface area contributed by atoms with Crippen LogP contribution in [-0.4, -0.2) is 56.8 Å². The third-order valence-corrected chi connectivity index (χ3v) is 4.55.